The number of hydrogen-bond donors (Lipinski definition) is 3. The number of benzene rings is 3. The number of nitrogens with one attached hydrogen (secondary N) is 3. The van der Waals surface area contributed by atoms with Gasteiger partial charge in [0.25, 0.3) is 10.9 Å². The van der Waals surface area contributed by atoms with Gasteiger partial charge in [-0.25, -0.2) is 4.79 Å². The molecule has 270 valence electrons. The lowest BCUT2D eigenvalue weighted by atomic mass is 9.86. The number of ether oxygens (including phenoxy) is 3. The van der Waals surface area contributed by atoms with Crippen molar-refractivity contribution in [2.24, 2.45) is 0 Å². The number of carbonyl (C=O) groups excluding carboxylic acids is 1. The van der Waals surface area contributed by atoms with Crippen LogP contribution in [0.15, 0.2) is 76.4 Å². The van der Waals surface area contributed by atoms with Crippen LogP contribution in [0.25, 0.3) is 21.9 Å². The third-order valence-corrected chi connectivity index (χ3v) is 9.68. The highest BCUT2D eigenvalue weighted by Gasteiger charge is 2.29. The molecule has 2 aliphatic heterocycles. The van der Waals surface area contributed by atoms with Crippen molar-refractivity contribution in [3.05, 3.63) is 98.6 Å². The lowest BCUT2D eigenvalue weighted by Crippen LogP contribution is -2.46. The number of hydrogen-bond acceptors (Lipinski definition) is 10. The van der Waals surface area contributed by atoms with Gasteiger partial charge in [0, 0.05) is 49.9 Å². The molecule has 0 radical (unpaired) electrons. The molecular formula is C40H44N6O6. The second-order valence-corrected chi connectivity index (χ2v) is 14.2. The molecule has 7 rings (SSSR count). The molecule has 1 aromatic heterocycles. The third kappa shape index (κ3) is 7.22. The van der Waals surface area contributed by atoms with Crippen molar-refractivity contribution < 1.29 is 19.0 Å². The molecule has 4 aromatic carbocycles. The Hall–Kier alpha value is -5.30. The summed E-state index contributed by atoms with van der Waals surface area (Å²) >= 11 is 0. The second kappa shape index (κ2) is 14.7. The van der Waals surface area contributed by atoms with Gasteiger partial charge in [-0.3, -0.25) is 19.5 Å². The summed E-state index contributed by atoms with van der Waals surface area (Å²) in [4.78, 5) is 48.2. The minimum Gasteiger partial charge on any atom is -0.492 e. The van der Waals surface area contributed by atoms with Crippen LogP contribution >= 0.6 is 0 Å². The molecule has 52 heavy (non-hydrogen) atoms. The average Bonchev–Trinajstić information content (AvgIpc) is 3.15. The normalized spacial score (nSPS) is 15.5. The minimum atomic E-state index is -0.591. The van der Waals surface area contributed by atoms with E-state index in [2.05, 4.69) is 53.8 Å². The monoisotopic (exact) mass is 704 g/mol. The number of methoxy groups -OCH3 is 1. The molecule has 2 amide bonds. The zero-order valence-electron chi connectivity index (χ0n) is 30.0. The SMILES string of the molecule is COc1c(NC(=O)Nc2ccc(-c3ccc(CN4CCOCC4)nc3)c3ccccc23)cc(C(C)(C)C)cc1Nc1c(N2CCOCC2)c(=O)c1=O. The van der Waals surface area contributed by atoms with Gasteiger partial charge in [-0.05, 0) is 46.2 Å². The van der Waals surface area contributed by atoms with Crippen LogP contribution in [0.1, 0.15) is 32.0 Å². The first-order valence-electron chi connectivity index (χ1n) is 17.6. The summed E-state index contributed by atoms with van der Waals surface area (Å²) in [6, 6.07) is 19.3. The molecule has 2 saturated heterocycles. The van der Waals surface area contributed by atoms with Gasteiger partial charge in [0.1, 0.15) is 11.4 Å². The van der Waals surface area contributed by atoms with Crippen LogP contribution in [-0.4, -0.2) is 75.6 Å². The van der Waals surface area contributed by atoms with Crippen molar-refractivity contribution in [2.45, 2.75) is 32.7 Å². The topological polar surface area (TPSA) is 134 Å². The van der Waals surface area contributed by atoms with Crippen LogP contribution in [0.3, 0.4) is 0 Å². The Labute approximate surface area is 302 Å². The van der Waals surface area contributed by atoms with Crippen molar-refractivity contribution in [2.75, 3.05) is 80.6 Å². The van der Waals surface area contributed by atoms with Crippen LogP contribution in [0.2, 0.25) is 0 Å². The minimum absolute atomic E-state index is 0.208. The van der Waals surface area contributed by atoms with E-state index in [1.807, 2.05) is 59.6 Å². The lowest BCUT2D eigenvalue weighted by Gasteiger charge is -2.31. The van der Waals surface area contributed by atoms with E-state index in [1.165, 1.54) is 7.11 Å². The molecule has 0 saturated carbocycles. The van der Waals surface area contributed by atoms with Gasteiger partial charge >= 0.3 is 6.03 Å². The number of fused-ring (bicyclic) bond motifs is 1. The number of aromatic nitrogens is 1. The summed E-state index contributed by atoms with van der Waals surface area (Å²) in [7, 11) is 1.50. The fourth-order valence-electron chi connectivity index (χ4n) is 6.79. The predicted molar refractivity (Wildman–Crippen MR) is 205 cm³/mol. The number of pyridine rings is 1. The van der Waals surface area contributed by atoms with E-state index in [9.17, 15) is 14.4 Å². The zero-order chi connectivity index (χ0) is 36.4. The van der Waals surface area contributed by atoms with Crippen molar-refractivity contribution in [3.8, 4) is 16.9 Å². The Kier molecular flexibility index (Phi) is 9.96. The molecule has 0 unspecified atom stereocenters. The van der Waals surface area contributed by atoms with Gasteiger partial charge in [-0.1, -0.05) is 57.2 Å². The lowest BCUT2D eigenvalue weighted by molar-refractivity contribution is 0.0336. The summed E-state index contributed by atoms with van der Waals surface area (Å²) in [6.45, 7) is 12.2. The van der Waals surface area contributed by atoms with Gasteiger partial charge in [0.15, 0.2) is 5.75 Å². The standard InChI is InChI=1S/C40H44N6O6/c1-40(2,3)26-21-32(42-34-35(37(48)36(34)47)46-15-19-52-20-16-46)38(50-4)33(22-26)44-39(49)43-31-12-11-28(29-7-5-6-8-30(29)31)25-9-10-27(41-23-25)24-45-13-17-51-18-14-45/h5-12,21-23,42H,13-20,24H2,1-4H3,(H2,43,44,49). The van der Waals surface area contributed by atoms with Crippen LogP contribution in [0, 0.1) is 0 Å². The molecular weight excluding hydrogens is 660 g/mol. The summed E-state index contributed by atoms with van der Waals surface area (Å²) in [5.41, 5.74) is 4.52. The second-order valence-electron chi connectivity index (χ2n) is 14.2. The maximum atomic E-state index is 13.7. The smallest absolute Gasteiger partial charge is 0.323 e. The first-order valence-corrected chi connectivity index (χ1v) is 17.6. The van der Waals surface area contributed by atoms with E-state index in [-0.39, 0.29) is 11.1 Å². The highest BCUT2D eigenvalue weighted by atomic mass is 16.5. The number of nitrogens with zero attached hydrogens (tertiary/aromatic N) is 3. The quantitative estimate of drug-likeness (QED) is 0.160. The summed E-state index contributed by atoms with van der Waals surface area (Å²) in [6.07, 6.45) is 1.91. The number of urea groups is 1. The number of carbonyl (C=O) groups is 1. The van der Waals surface area contributed by atoms with Crippen LogP contribution < -0.4 is 36.4 Å². The summed E-state index contributed by atoms with van der Waals surface area (Å²) in [5.74, 6) is 0.328. The van der Waals surface area contributed by atoms with Crippen molar-refractivity contribution in [1.29, 1.82) is 0 Å². The van der Waals surface area contributed by atoms with E-state index in [0.29, 0.717) is 54.8 Å². The van der Waals surface area contributed by atoms with E-state index >= 15 is 0 Å². The molecule has 2 fully saturated rings. The van der Waals surface area contributed by atoms with Gasteiger partial charge < -0.3 is 35.1 Å². The average molecular weight is 705 g/mol. The fourth-order valence-corrected chi connectivity index (χ4v) is 6.79. The number of rotatable bonds is 9. The number of amides is 2. The van der Waals surface area contributed by atoms with E-state index in [1.54, 1.807) is 0 Å². The van der Waals surface area contributed by atoms with E-state index in [4.69, 9.17) is 19.2 Å². The predicted octanol–water partition coefficient (Wildman–Crippen LogP) is 5.86. The molecule has 0 spiro atoms. The zero-order valence-corrected chi connectivity index (χ0v) is 30.0. The Balaban J connectivity index is 1.14. The molecule has 12 nitrogen and oxygen atoms in total. The van der Waals surface area contributed by atoms with Crippen LogP contribution in [-0.2, 0) is 21.4 Å². The molecule has 2 aliphatic rings. The Morgan fingerprint density at radius 2 is 1.50 bits per heavy atom. The summed E-state index contributed by atoms with van der Waals surface area (Å²) in [5, 5.41) is 11.1. The van der Waals surface area contributed by atoms with Gasteiger partial charge in [0.2, 0.25) is 0 Å². The van der Waals surface area contributed by atoms with Crippen molar-refractivity contribution in [1.82, 2.24) is 9.88 Å². The molecule has 5 aromatic rings. The number of anilines is 5. The Morgan fingerprint density at radius 1 is 0.827 bits per heavy atom. The van der Waals surface area contributed by atoms with Gasteiger partial charge in [-0.2, -0.15) is 0 Å². The highest BCUT2D eigenvalue weighted by Crippen LogP contribution is 2.41. The number of morpholine rings is 2. The first kappa shape index (κ1) is 35.1. The maximum absolute atomic E-state index is 13.7. The van der Waals surface area contributed by atoms with Crippen LogP contribution in [0.5, 0.6) is 5.75 Å². The van der Waals surface area contributed by atoms with Crippen LogP contribution in [0.4, 0.5) is 33.2 Å². The molecule has 12 heteroatoms. The molecule has 3 N–H and O–H groups in total. The maximum Gasteiger partial charge on any atom is 0.323 e. The molecule has 0 atom stereocenters. The third-order valence-electron chi connectivity index (χ3n) is 9.68. The van der Waals surface area contributed by atoms with E-state index in [0.717, 1.165) is 66.0 Å². The van der Waals surface area contributed by atoms with Gasteiger partial charge in [-0.15, -0.1) is 0 Å². The molecule has 3 heterocycles. The molecule has 0 aliphatic carbocycles. The Bertz CT molecular complexity index is 2160. The Morgan fingerprint density at radius 3 is 2.17 bits per heavy atom. The first-order chi connectivity index (χ1) is 25.1. The van der Waals surface area contributed by atoms with Crippen molar-refractivity contribution >= 4 is 45.2 Å². The fraction of sp³-hybridized carbons (Fsp3) is 0.350. The molecule has 0 bridgehead atoms. The van der Waals surface area contributed by atoms with Gasteiger partial charge in [0.05, 0.1) is 56.3 Å². The van der Waals surface area contributed by atoms with Crippen molar-refractivity contribution in [3.63, 3.8) is 0 Å². The van der Waals surface area contributed by atoms with E-state index < -0.39 is 16.9 Å². The summed E-state index contributed by atoms with van der Waals surface area (Å²) < 4.78 is 16.7. The highest BCUT2D eigenvalue weighted by molar-refractivity contribution is 6.10. The largest absolute Gasteiger partial charge is 0.492 e.